The fraction of sp³-hybridized carbons (Fsp3) is 0.500. The quantitative estimate of drug-likeness (QED) is 0.854. The summed E-state index contributed by atoms with van der Waals surface area (Å²) in [6, 6.07) is 6.01. The van der Waals surface area contributed by atoms with Crippen molar-refractivity contribution in [1.82, 2.24) is 0 Å². The lowest BCUT2D eigenvalue weighted by Crippen LogP contribution is -2.25. The van der Waals surface area contributed by atoms with Crippen LogP contribution in [-0.2, 0) is 4.79 Å². The largest absolute Gasteiger partial charge is 0.493 e. The average Bonchev–Trinajstić information content (AvgIpc) is 2.22. The Balaban J connectivity index is 2.57. The summed E-state index contributed by atoms with van der Waals surface area (Å²) >= 11 is 0. The smallest absolute Gasteiger partial charge is 0.309 e. The van der Waals surface area contributed by atoms with E-state index in [0.29, 0.717) is 13.0 Å². The van der Waals surface area contributed by atoms with Crippen LogP contribution in [0.15, 0.2) is 18.2 Å². The molecule has 17 heavy (non-hydrogen) atoms. The van der Waals surface area contributed by atoms with Gasteiger partial charge in [-0.3, -0.25) is 4.79 Å². The van der Waals surface area contributed by atoms with Crippen molar-refractivity contribution < 1.29 is 14.6 Å². The zero-order chi connectivity index (χ0) is 13.1. The van der Waals surface area contributed by atoms with E-state index < -0.39 is 11.4 Å². The Morgan fingerprint density at radius 2 is 2.00 bits per heavy atom. The third-order valence-electron chi connectivity index (χ3n) is 2.91. The molecule has 0 spiro atoms. The minimum Gasteiger partial charge on any atom is -0.493 e. The SMILES string of the molecule is Cc1ccc(C)c(OCCC(C)(C)C(=O)O)c1. The molecule has 1 rings (SSSR count). The van der Waals surface area contributed by atoms with Gasteiger partial charge in [0, 0.05) is 0 Å². The molecule has 3 nitrogen and oxygen atoms in total. The van der Waals surface area contributed by atoms with Gasteiger partial charge in [-0.15, -0.1) is 0 Å². The lowest BCUT2D eigenvalue weighted by atomic mass is 9.90. The van der Waals surface area contributed by atoms with Gasteiger partial charge in [0.1, 0.15) is 5.75 Å². The van der Waals surface area contributed by atoms with E-state index in [4.69, 9.17) is 9.84 Å². The van der Waals surface area contributed by atoms with Crippen molar-refractivity contribution in [3.05, 3.63) is 29.3 Å². The molecule has 0 aliphatic heterocycles. The third-order valence-corrected chi connectivity index (χ3v) is 2.91. The summed E-state index contributed by atoms with van der Waals surface area (Å²) in [7, 11) is 0. The standard InChI is InChI=1S/C14H20O3/c1-10-5-6-11(2)12(9-10)17-8-7-14(3,4)13(15)16/h5-6,9H,7-8H2,1-4H3,(H,15,16). The molecule has 0 bridgehead atoms. The zero-order valence-corrected chi connectivity index (χ0v) is 10.9. The maximum Gasteiger partial charge on any atom is 0.309 e. The molecule has 0 heterocycles. The Bertz CT molecular complexity index is 408. The minimum atomic E-state index is -0.790. The fourth-order valence-electron chi connectivity index (χ4n) is 1.39. The van der Waals surface area contributed by atoms with Crippen LogP contribution in [0.4, 0.5) is 0 Å². The number of carboxylic acid groups (broad SMARTS) is 1. The molecular formula is C14H20O3. The number of hydrogen-bond donors (Lipinski definition) is 1. The predicted octanol–water partition coefficient (Wildman–Crippen LogP) is 3.18. The molecule has 0 amide bonds. The topological polar surface area (TPSA) is 46.5 Å². The van der Waals surface area contributed by atoms with Crippen molar-refractivity contribution in [2.24, 2.45) is 5.41 Å². The van der Waals surface area contributed by atoms with Crippen LogP contribution in [0.1, 0.15) is 31.4 Å². The Kier molecular flexibility index (Phi) is 4.16. The molecule has 1 N–H and O–H groups in total. The van der Waals surface area contributed by atoms with Crippen LogP contribution in [0.3, 0.4) is 0 Å². The minimum absolute atomic E-state index is 0.420. The first kappa shape index (κ1) is 13.6. The first-order valence-electron chi connectivity index (χ1n) is 5.76. The summed E-state index contributed by atoms with van der Waals surface area (Å²) in [6.07, 6.45) is 0.496. The highest BCUT2D eigenvalue weighted by molar-refractivity contribution is 5.73. The van der Waals surface area contributed by atoms with Gasteiger partial charge in [0.05, 0.1) is 12.0 Å². The Labute approximate surface area is 102 Å². The molecule has 0 aliphatic rings. The van der Waals surface area contributed by atoms with Crippen molar-refractivity contribution in [3.63, 3.8) is 0 Å². The Morgan fingerprint density at radius 3 is 2.59 bits per heavy atom. The number of carbonyl (C=O) groups is 1. The van der Waals surface area contributed by atoms with E-state index in [1.807, 2.05) is 32.0 Å². The molecule has 1 aromatic rings. The van der Waals surface area contributed by atoms with Crippen molar-refractivity contribution in [3.8, 4) is 5.75 Å². The second-order valence-electron chi connectivity index (χ2n) is 5.06. The van der Waals surface area contributed by atoms with Crippen LogP contribution < -0.4 is 4.74 Å². The summed E-state index contributed by atoms with van der Waals surface area (Å²) < 4.78 is 5.64. The highest BCUT2D eigenvalue weighted by Gasteiger charge is 2.26. The normalized spacial score (nSPS) is 11.3. The van der Waals surface area contributed by atoms with Gasteiger partial charge in [0.15, 0.2) is 0 Å². The molecule has 0 atom stereocenters. The first-order chi connectivity index (χ1) is 7.83. The number of hydrogen-bond acceptors (Lipinski definition) is 2. The van der Waals surface area contributed by atoms with E-state index in [2.05, 4.69) is 0 Å². The number of rotatable bonds is 5. The van der Waals surface area contributed by atoms with E-state index in [1.54, 1.807) is 13.8 Å². The van der Waals surface area contributed by atoms with E-state index >= 15 is 0 Å². The molecule has 0 aromatic heterocycles. The number of ether oxygens (including phenoxy) is 1. The van der Waals surface area contributed by atoms with Gasteiger partial charge in [0.25, 0.3) is 0 Å². The lowest BCUT2D eigenvalue weighted by molar-refractivity contribution is -0.147. The summed E-state index contributed by atoms with van der Waals surface area (Å²) in [6.45, 7) is 7.83. The number of carboxylic acids is 1. The van der Waals surface area contributed by atoms with Crippen molar-refractivity contribution in [1.29, 1.82) is 0 Å². The summed E-state index contributed by atoms with van der Waals surface area (Å²) in [4.78, 5) is 10.9. The fourth-order valence-corrected chi connectivity index (χ4v) is 1.39. The second-order valence-corrected chi connectivity index (χ2v) is 5.06. The summed E-state index contributed by atoms with van der Waals surface area (Å²) in [5, 5.41) is 8.98. The number of benzene rings is 1. The molecule has 0 saturated carbocycles. The highest BCUT2D eigenvalue weighted by Crippen LogP contribution is 2.23. The monoisotopic (exact) mass is 236 g/mol. The maximum absolute atomic E-state index is 10.9. The summed E-state index contributed by atoms with van der Waals surface area (Å²) in [5.74, 6) is 0.0493. The van der Waals surface area contributed by atoms with E-state index in [1.165, 1.54) is 0 Å². The number of aliphatic carboxylic acids is 1. The Hall–Kier alpha value is -1.51. The number of aryl methyl sites for hydroxylation is 2. The maximum atomic E-state index is 10.9. The van der Waals surface area contributed by atoms with Gasteiger partial charge in [-0.1, -0.05) is 12.1 Å². The van der Waals surface area contributed by atoms with Crippen molar-refractivity contribution in [2.75, 3.05) is 6.61 Å². The van der Waals surface area contributed by atoms with Crippen LogP contribution in [0.25, 0.3) is 0 Å². The van der Waals surface area contributed by atoms with E-state index in [-0.39, 0.29) is 0 Å². The van der Waals surface area contributed by atoms with Gasteiger partial charge < -0.3 is 9.84 Å². The molecule has 3 heteroatoms. The zero-order valence-electron chi connectivity index (χ0n) is 10.9. The van der Waals surface area contributed by atoms with Crippen LogP contribution in [0.2, 0.25) is 0 Å². The van der Waals surface area contributed by atoms with Gasteiger partial charge in [-0.05, 0) is 51.3 Å². The van der Waals surface area contributed by atoms with Crippen LogP contribution in [0.5, 0.6) is 5.75 Å². The predicted molar refractivity (Wildman–Crippen MR) is 67.4 cm³/mol. The van der Waals surface area contributed by atoms with Crippen LogP contribution >= 0.6 is 0 Å². The third kappa shape index (κ3) is 3.77. The van der Waals surface area contributed by atoms with Crippen LogP contribution in [0, 0.1) is 19.3 Å². The van der Waals surface area contributed by atoms with E-state index in [9.17, 15) is 4.79 Å². The van der Waals surface area contributed by atoms with Crippen LogP contribution in [-0.4, -0.2) is 17.7 Å². The summed E-state index contributed by atoms with van der Waals surface area (Å²) in [5.41, 5.74) is 1.48. The Morgan fingerprint density at radius 1 is 1.35 bits per heavy atom. The average molecular weight is 236 g/mol. The van der Waals surface area contributed by atoms with Gasteiger partial charge in [-0.25, -0.2) is 0 Å². The molecule has 0 saturated heterocycles. The van der Waals surface area contributed by atoms with Crippen molar-refractivity contribution >= 4 is 5.97 Å². The highest BCUT2D eigenvalue weighted by atomic mass is 16.5. The molecule has 0 fully saturated rings. The molecule has 0 aliphatic carbocycles. The van der Waals surface area contributed by atoms with Gasteiger partial charge in [0.2, 0.25) is 0 Å². The first-order valence-corrected chi connectivity index (χ1v) is 5.76. The van der Waals surface area contributed by atoms with Gasteiger partial charge >= 0.3 is 5.97 Å². The van der Waals surface area contributed by atoms with Crippen molar-refractivity contribution in [2.45, 2.75) is 34.1 Å². The lowest BCUT2D eigenvalue weighted by Gasteiger charge is -2.19. The molecule has 0 radical (unpaired) electrons. The molecule has 0 unspecified atom stereocenters. The van der Waals surface area contributed by atoms with Gasteiger partial charge in [-0.2, -0.15) is 0 Å². The molecular weight excluding hydrogens is 216 g/mol. The molecule has 94 valence electrons. The van der Waals surface area contributed by atoms with E-state index in [0.717, 1.165) is 16.9 Å². The second kappa shape index (κ2) is 5.21. The molecule has 1 aromatic carbocycles.